The van der Waals surface area contributed by atoms with Crippen LogP contribution in [0.2, 0.25) is 0 Å². The number of rotatable bonds is 10. The van der Waals surface area contributed by atoms with Gasteiger partial charge in [-0.25, -0.2) is 17.8 Å². The molecular formula is C48H51FN4O8S. The largest absolute Gasteiger partial charge is 0.491 e. The quantitative estimate of drug-likeness (QED) is 0.136. The van der Waals surface area contributed by atoms with E-state index < -0.39 is 50.5 Å². The summed E-state index contributed by atoms with van der Waals surface area (Å²) in [6.07, 6.45) is 8.92. The van der Waals surface area contributed by atoms with Crippen molar-refractivity contribution in [1.29, 1.82) is 0 Å². The minimum Gasteiger partial charge on any atom is -0.491 e. The molecule has 9 rings (SSSR count). The van der Waals surface area contributed by atoms with Crippen molar-refractivity contribution in [3.05, 3.63) is 96.3 Å². The summed E-state index contributed by atoms with van der Waals surface area (Å²) >= 11 is 0. The predicted molar refractivity (Wildman–Crippen MR) is 231 cm³/mol. The van der Waals surface area contributed by atoms with Gasteiger partial charge >= 0.3 is 0 Å². The molecular weight excluding hydrogens is 812 g/mol. The van der Waals surface area contributed by atoms with Crippen LogP contribution in [0.5, 0.6) is 11.6 Å². The second kappa shape index (κ2) is 16.9. The number of carbonyl (C=O) groups excluding carboxylic acids is 3. The third-order valence-corrected chi connectivity index (χ3v) is 14.5. The molecule has 2 aromatic heterocycles. The Kier molecular flexibility index (Phi) is 11.4. The number of nitrogens with one attached hydrogen (secondary N) is 1. The SMILES string of the molecule is CC(C)Oc1ccc(-c2nc(O[C@@H]3C[C@H]4C(=O)C[C@]5(C(=O)NS(=O)(=O)C6CC6)C[C@@H]5/C=C\CCCCC[C@H](Cc5ccccc5)C(=O)N4C3)c3oc4ccc(F)cc4c3n2)cc1. The first-order valence-corrected chi connectivity index (χ1v) is 23.3. The highest BCUT2D eigenvalue weighted by molar-refractivity contribution is 7.90. The number of Topliss-reactive ketones (excluding diaryl/α,β-unsaturated/α-hetero) is 1. The molecule has 0 spiro atoms. The fourth-order valence-corrected chi connectivity index (χ4v) is 10.5. The molecule has 2 saturated carbocycles. The van der Waals surface area contributed by atoms with Gasteiger partial charge in [-0.1, -0.05) is 55.3 Å². The lowest BCUT2D eigenvalue weighted by atomic mass is 9.90. The molecule has 2 aliphatic heterocycles. The molecule has 12 nitrogen and oxygen atoms in total. The van der Waals surface area contributed by atoms with Gasteiger partial charge in [0.25, 0.3) is 5.88 Å². The maximum absolute atomic E-state index is 14.9. The molecule has 324 valence electrons. The molecule has 1 N–H and O–H groups in total. The van der Waals surface area contributed by atoms with Crippen LogP contribution in [0.1, 0.15) is 83.6 Å². The summed E-state index contributed by atoms with van der Waals surface area (Å²) in [6, 6.07) is 20.3. The lowest BCUT2D eigenvalue weighted by molar-refractivity contribution is -0.142. The Morgan fingerprint density at radius 2 is 1.79 bits per heavy atom. The van der Waals surface area contributed by atoms with E-state index in [2.05, 4.69) is 4.72 Å². The van der Waals surface area contributed by atoms with Crippen LogP contribution >= 0.6 is 0 Å². The number of aromatic nitrogens is 2. The van der Waals surface area contributed by atoms with Crippen LogP contribution in [-0.4, -0.2) is 70.9 Å². The number of ketones is 1. The van der Waals surface area contributed by atoms with E-state index in [0.717, 1.165) is 31.2 Å². The van der Waals surface area contributed by atoms with Gasteiger partial charge in [-0.3, -0.25) is 19.1 Å². The standard InChI is InChI=1S/C48H51FN4O8S/c1-29(2)59-35-18-15-31(16-19-35)44-50-42-38-24-34(49)17-22-41(38)61-43(42)45(51-44)60-36-25-39-40(54)27-48(47(56)52-62(57,58)37-20-21-37)26-33(48)14-10-5-3-4-9-13-32(46(55)53(39)28-36)23-30-11-7-6-8-12-30/h6-8,10-12,14-19,22,24,29,32-33,36-37,39H,3-5,9,13,20-21,23,25-28H2,1-2H3,(H,52,56)/b14-10-/t32-,33+,36-,39+,48-/m1/s1. The number of benzene rings is 3. The number of amides is 2. The summed E-state index contributed by atoms with van der Waals surface area (Å²) in [5.74, 6) is -1.34. The van der Waals surface area contributed by atoms with Gasteiger partial charge < -0.3 is 18.8 Å². The van der Waals surface area contributed by atoms with Gasteiger partial charge in [0.15, 0.2) is 11.6 Å². The molecule has 4 aliphatic rings. The zero-order chi connectivity index (χ0) is 43.2. The average Bonchev–Trinajstić information content (AvgIpc) is 4.15. The van der Waals surface area contributed by atoms with Crippen molar-refractivity contribution in [2.24, 2.45) is 17.3 Å². The van der Waals surface area contributed by atoms with Crippen molar-refractivity contribution in [2.75, 3.05) is 6.54 Å². The second-order valence-corrected chi connectivity index (χ2v) is 19.6. The number of hydrogen-bond acceptors (Lipinski definition) is 10. The molecule has 14 heteroatoms. The van der Waals surface area contributed by atoms with E-state index in [1.165, 1.54) is 18.2 Å². The molecule has 0 bridgehead atoms. The number of halogens is 1. The number of allylic oxidation sites excluding steroid dienone is 2. The van der Waals surface area contributed by atoms with Gasteiger partial charge in [-0.05, 0) is 113 Å². The number of sulfonamides is 1. The maximum Gasteiger partial charge on any atom is 0.262 e. The van der Waals surface area contributed by atoms with E-state index >= 15 is 0 Å². The first kappa shape index (κ1) is 41.7. The van der Waals surface area contributed by atoms with Crippen molar-refractivity contribution >= 4 is 49.7 Å². The summed E-state index contributed by atoms with van der Waals surface area (Å²) in [4.78, 5) is 55.0. The van der Waals surface area contributed by atoms with Gasteiger partial charge in [0, 0.05) is 29.7 Å². The first-order valence-electron chi connectivity index (χ1n) is 21.8. The van der Waals surface area contributed by atoms with E-state index in [4.69, 9.17) is 23.9 Å². The summed E-state index contributed by atoms with van der Waals surface area (Å²) in [5.41, 5.74) is 1.32. The number of hydrogen-bond donors (Lipinski definition) is 1. The summed E-state index contributed by atoms with van der Waals surface area (Å²) in [5, 5.41) is -0.171. The fraction of sp³-hybridized carbons (Fsp3) is 0.438. The Morgan fingerprint density at radius 3 is 2.55 bits per heavy atom. The maximum atomic E-state index is 14.9. The number of fused-ring (bicyclic) bond motifs is 5. The lowest BCUT2D eigenvalue weighted by Gasteiger charge is -2.29. The Hall–Kier alpha value is -5.63. The van der Waals surface area contributed by atoms with Gasteiger partial charge in [0.1, 0.15) is 28.8 Å². The third kappa shape index (κ3) is 8.71. The second-order valence-electron chi connectivity index (χ2n) is 17.7. The van der Waals surface area contributed by atoms with E-state index in [-0.39, 0.29) is 54.6 Å². The van der Waals surface area contributed by atoms with Crippen molar-refractivity contribution in [2.45, 2.75) is 108 Å². The zero-order valence-electron chi connectivity index (χ0n) is 34.9. The van der Waals surface area contributed by atoms with Gasteiger partial charge in [-0.15, -0.1) is 0 Å². The molecule has 5 atom stereocenters. The highest BCUT2D eigenvalue weighted by atomic mass is 32.2. The fourth-order valence-electron chi connectivity index (χ4n) is 9.13. The number of ether oxygens (including phenoxy) is 2. The van der Waals surface area contributed by atoms with E-state index in [9.17, 15) is 27.2 Å². The number of nitrogens with zero attached hydrogens (tertiary/aromatic N) is 3. The monoisotopic (exact) mass is 862 g/mol. The van der Waals surface area contributed by atoms with Crippen LogP contribution in [0.15, 0.2) is 89.4 Å². The highest BCUT2D eigenvalue weighted by Gasteiger charge is 2.61. The Morgan fingerprint density at radius 1 is 1.00 bits per heavy atom. The summed E-state index contributed by atoms with van der Waals surface area (Å²) in [7, 11) is -3.87. The smallest absolute Gasteiger partial charge is 0.262 e. The van der Waals surface area contributed by atoms with Crippen molar-refractivity contribution in [3.63, 3.8) is 0 Å². The Labute approximate surface area is 360 Å². The van der Waals surface area contributed by atoms with Crippen molar-refractivity contribution < 1.29 is 41.1 Å². The van der Waals surface area contributed by atoms with E-state index in [0.29, 0.717) is 65.7 Å². The Bertz CT molecular complexity index is 2650. The zero-order valence-corrected chi connectivity index (χ0v) is 35.7. The Balaban J connectivity index is 1.07. The average molecular weight is 863 g/mol. The van der Waals surface area contributed by atoms with Gasteiger partial charge in [0.05, 0.1) is 29.4 Å². The highest BCUT2D eigenvalue weighted by Crippen LogP contribution is 2.57. The molecule has 1 saturated heterocycles. The molecule has 2 aliphatic carbocycles. The van der Waals surface area contributed by atoms with Crippen LogP contribution < -0.4 is 14.2 Å². The van der Waals surface area contributed by atoms with Crippen LogP contribution in [0.3, 0.4) is 0 Å². The van der Waals surface area contributed by atoms with Crippen molar-refractivity contribution in [3.8, 4) is 23.0 Å². The molecule has 5 aromatic rings. The first-order chi connectivity index (χ1) is 29.9. The molecule has 4 heterocycles. The van der Waals surface area contributed by atoms with Crippen LogP contribution in [0, 0.1) is 23.1 Å². The van der Waals surface area contributed by atoms with Crippen LogP contribution in [0.4, 0.5) is 4.39 Å². The minimum absolute atomic E-state index is 0.0256. The molecule has 0 unspecified atom stereocenters. The van der Waals surface area contributed by atoms with Crippen LogP contribution in [0.25, 0.3) is 33.5 Å². The topological polar surface area (TPSA) is 158 Å². The lowest BCUT2D eigenvalue weighted by Crippen LogP contribution is -2.46. The summed E-state index contributed by atoms with van der Waals surface area (Å²) < 4.78 is 61.8. The molecule has 0 radical (unpaired) electrons. The third-order valence-electron chi connectivity index (χ3n) is 12.7. The predicted octanol–water partition coefficient (Wildman–Crippen LogP) is 8.27. The molecule has 62 heavy (non-hydrogen) atoms. The molecule has 3 aromatic carbocycles. The van der Waals surface area contributed by atoms with E-state index in [1.54, 1.807) is 4.90 Å². The van der Waals surface area contributed by atoms with Gasteiger partial charge in [0.2, 0.25) is 27.4 Å². The number of furan rings is 1. The normalized spacial score (nSPS) is 25.2. The van der Waals surface area contributed by atoms with Gasteiger partial charge in [-0.2, -0.15) is 4.98 Å². The van der Waals surface area contributed by atoms with Crippen molar-refractivity contribution in [1.82, 2.24) is 19.6 Å². The number of carbonyl (C=O) groups is 3. The molecule has 2 amide bonds. The van der Waals surface area contributed by atoms with Crippen LogP contribution in [-0.2, 0) is 30.8 Å². The summed E-state index contributed by atoms with van der Waals surface area (Å²) in [6.45, 7) is 3.93. The minimum atomic E-state index is -3.87. The van der Waals surface area contributed by atoms with E-state index in [1.807, 2.05) is 80.6 Å². The molecule has 3 fully saturated rings.